The summed E-state index contributed by atoms with van der Waals surface area (Å²) in [4.78, 5) is 22.3. The molecule has 0 aromatic carbocycles. The van der Waals surface area contributed by atoms with Gasteiger partial charge in [-0.1, -0.05) is 26.7 Å². The molecule has 0 aromatic heterocycles. The molecular weight excluding hydrogens is 206 g/mol. The highest BCUT2D eigenvalue weighted by Gasteiger charge is 2.22. The third-order valence-electron chi connectivity index (χ3n) is 2.84. The highest BCUT2D eigenvalue weighted by molar-refractivity contribution is 5.78. The van der Waals surface area contributed by atoms with E-state index in [0.717, 1.165) is 12.8 Å². The van der Waals surface area contributed by atoms with Gasteiger partial charge in [0.15, 0.2) is 0 Å². The molecule has 1 amide bonds. The fourth-order valence-electron chi connectivity index (χ4n) is 1.93. The molecule has 1 rings (SSSR count). The van der Waals surface area contributed by atoms with E-state index in [-0.39, 0.29) is 17.8 Å². The van der Waals surface area contributed by atoms with Crippen LogP contribution in [0.5, 0.6) is 0 Å². The summed E-state index contributed by atoms with van der Waals surface area (Å²) < 4.78 is 5.16. The number of hydrogen-bond donors (Lipinski definition) is 1. The molecule has 4 heteroatoms. The monoisotopic (exact) mass is 227 g/mol. The Hall–Kier alpha value is -1.06. The topological polar surface area (TPSA) is 55.4 Å². The van der Waals surface area contributed by atoms with Gasteiger partial charge in [0.1, 0.15) is 0 Å². The molecule has 92 valence electrons. The van der Waals surface area contributed by atoms with Crippen LogP contribution >= 0.6 is 0 Å². The molecule has 2 atom stereocenters. The van der Waals surface area contributed by atoms with Crippen molar-refractivity contribution in [3.63, 3.8) is 0 Å². The molecule has 1 heterocycles. The highest BCUT2D eigenvalue weighted by Crippen LogP contribution is 2.13. The zero-order valence-corrected chi connectivity index (χ0v) is 10.1. The molecule has 0 bridgehead atoms. The smallest absolute Gasteiger partial charge is 0.306 e. The maximum Gasteiger partial charge on any atom is 0.306 e. The average molecular weight is 227 g/mol. The molecule has 0 aliphatic carbocycles. The number of ether oxygens (including phenoxy) is 1. The van der Waals surface area contributed by atoms with E-state index in [9.17, 15) is 9.59 Å². The van der Waals surface area contributed by atoms with Gasteiger partial charge in [0.25, 0.3) is 0 Å². The maximum atomic E-state index is 11.4. The summed E-state index contributed by atoms with van der Waals surface area (Å²) in [6.07, 6.45) is 3.12. The van der Waals surface area contributed by atoms with Crippen LogP contribution in [0, 0.1) is 11.8 Å². The van der Waals surface area contributed by atoms with Crippen LogP contribution in [0.3, 0.4) is 0 Å². The second-order valence-corrected chi connectivity index (χ2v) is 4.66. The first-order chi connectivity index (χ1) is 7.61. The normalized spacial score (nSPS) is 21.6. The van der Waals surface area contributed by atoms with Crippen molar-refractivity contribution >= 4 is 11.9 Å². The Labute approximate surface area is 96.7 Å². The highest BCUT2D eigenvalue weighted by atomic mass is 16.5. The molecule has 0 aromatic rings. The molecule has 0 unspecified atom stereocenters. The third kappa shape index (κ3) is 4.64. The van der Waals surface area contributed by atoms with Crippen LogP contribution in [0.1, 0.15) is 39.5 Å². The van der Waals surface area contributed by atoms with E-state index in [2.05, 4.69) is 19.2 Å². The van der Waals surface area contributed by atoms with Gasteiger partial charge in [-0.15, -0.1) is 0 Å². The van der Waals surface area contributed by atoms with Crippen LogP contribution in [0.25, 0.3) is 0 Å². The largest absolute Gasteiger partial charge is 0.465 e. The second-order valence-electron chi connectivity index (χ2n) is 4.66. The third-order valence-corrected chi connectivity index (χ3v) is 2.84. The van der Waals surface area contributed by atoms with Gasteiger partial charge in [0.05, 0.1) is 6.61 Å². The lowest BCUT2D eigenvalue weighted by atomic mass is 10.0. The molecule has 1 aliphatic heterocycles. The fourth-order valence-corrected chi connectivity index (χ4v) is 1.93. The number of amides is 1. The summed E-state index contributed by atoms with van der Waals surface area (Å²) in [6, 6.07) is 0. The molecule has 16 heavy (non-hydrogen) atoms. The van der Waals surface area contributed by atoms with Crippen molar-refractivity contribution in [3.8, 4) is 0 Å². The van der Waals surface area contributed by atoms with Gasteiger partial charge in [0, 0.05) is 25.3 Å². The van der Waals surface area contributed by atoms with Crippen molar-refractivity contribution < 1.29 is 14.3 Å². The molecule has 1 N–H and O–H groups in total. The molecule has 0 spiro atoms. The summed E-state index contributed by atoms with van der Waals surface area (Å²) in [5, 5.41) is 2.72. The van der Waals surface area contributed by atoms with Crippen molar-refractivity contribution in [2.24, 2.45) is 11.8 Å². The molecular formula is C12H21NO3. The van der Waals surface area contributed by atoms with Gasteiger partial charge >= 0.3 is 5.97 Å². The summed E-state index contributed by atoms with van der Waals surface area (Å²) in [6.45, 7) is 5.18. The molecule has 0 saturated carbocycles. The van der Waals surface area contributed by atoms with Crippen LogP contribution in [0.15, 0.2) is 0 Å². The second kappa shape index (κ2) is 6.51. The van der Waals surface area contributed by atoms with Crippen LogP contribution in [-0.2, 0) is 14.3 Å². The first kappa shape index (κ1) is 13.0. The number of rotatable bonds is 6. The summed E-state index contributed by atoms with van der Waals surface area (Å²) in [7, 11) is 0. The van der Waals surface area contributed by atoms with Crippen molar-refractivity contribution in [1.82, 2.24) is 5.32 Å². The van der Waals surface area contributed by atoms with Crippen molar-refractivity contribution in [3.05, 3.63) is 0 Å². The van der Waals surface area contributed by atoms with Gasteiger partial charge in [-0.25, -0.2) is 0 Å². The lowest BCUT2D eigenvalue weighted by Gasteiger charge is -2.11. The minimum absolute atomic E-state index is 0.0559. The van der Waals surface area contributed by atoms with Gasteiger partial charge in [-0.05, 0) is 5.92 Å². The first-order valence-electron chi connectivity index (χ1n) is 6.04. The van der Waals surface area contributed by atoms with Crippen molar-refractivity contribution in [2.75, 3.05) is 13.2 Å². The van der Waals surface area contributed by atoms with Crippen molar-refractivity contribution in [2.45, 2.75) is 39.5 Å². The van der Waals surface area contributed by atoms with E-state index < -0.39 is 0 Å². The summed E-state index contributed by atoms with van der Waals surface area (Å²) >= 11 is 0. The zero-order valence-electron chi connectivity index (χ0n) is 10.1. The Morgan fingerprint density at radius 1 is 1.62 bits per heavy atom. The number of carbonyl (C=O) groups is 2. The number of esters is 1. The average Bonchev–Trinajstić information content (AvgIpc) is 2.61. The summed E-state index contributed by atoms with van der Waals surface area (Å²) in [5.74, 6) is 0.472. The van der Waals surface area contributed by atoms with Gasteiger partial charge in [0.2, 0.25) is 5.91 Å². The first-order valence-corrected chi connectivity index (χ1v) is 6.04. The standard InChI is InChI=1S/C12H21NO3/c1-3-4-9(2)5-12(15)16-8-10-6-11(14)13-7-10/h9-10H,3-8H2,1-2H3,(H,13,14)/t9-,10+/m1/s1. The quantitative estimate of drug-likeness (QED) is 0.699. The minimum Gasteiger partial charge on any atom is -0.465 e. The van der Waals surface area contributed by atoms with E-state index in [1.165, 1.54) is 0 Å². The van der Waals surface area contributed by atoms with Crippen LogP contribution in [0.4, 0.5) is 0 Å². The zero-order chi connectivity index (χ0) is 12.0. The lowest BCUT2D eigenvalue weighted by Crippen LogP contribution is -2.18. The summed E-state index contributed by atoms with van der Waals surface area (Å²) in [5.41, 5.74) is 0. The van der Waals surface area contributed by atoms with Crippen LogP contribution in [-0.4, -0.2) is 25.0 Å². The van der Waals surface area contributed by atoms with Crippen molar-refractivity contribution in [1.29, 1.82) is 0 Å². The maximum absolute atomic E-state index is 11.4. The van der Waals surface area contributed by atoms with Gasteiger partial charge < -0.3 is 10.1 Å². The van der Waals surface area contributed by atoms with E-state index in [1.807, 2.05) is 0 Å². The Balaban J connectivity index is 2.12. The Morgan fingerprint density at radius 2 is 2.38 bits per heavy atom. The minimum atomic E-state index is -0.139. The van der Waals surface area contributed by atoms with E-state index in [4.69, 9.17) is 4.74 Å². The molecule has 1 saturated heterocycles. The lowest BCUT2D eigenvalue weighted by molar-refractivity contribution is -0.146. The van der Waals surface area contributed by atoms with E-state index >= 15 is 0 Å². The van der Waals surface area contributed by atoms with Gasteiger partial charge in [-0.3, -0.25) is 9.59 Å². The van der Waals surface area contributed by atoms with Crippen LogP contribution in [0.2, 0.25) is 0 Å². The predicted molar refractivity (Wildman–Crippen MR) is 60.8 cm³/mol. The number of hydrogen-bond acceptors (Lipinski definition) is 3. The Bertz CT molecular complexity index is 253. The molecule has 1 aliphatic rings. The van der Waals surface area contributed by atoms with E-state index in [0.29, 0.717) is 31.9 Å². The molecule has 0 radical (unpaired) electrons. The Kier molecular flexibility index (Phi) is 5.29. The SMILES string of the molecule is CCC[C@@H](C)CC(=O)OC[C@@H]1CNC(=O)C1. The molecule has 1 fully saturated rings. The Morgan fingerprint density at radius 3 is 2.94 bits per heavy atom. The van der Waals surface area contributed by atoms with Gasteiger partial charge in [-0.2, -0.15) is 0 Å². The van der Waals surface area contributed by atoms with Crippen LogP contribution < -0.4 is 5.32 Å². The predicted octanol–water partition coefficient (Wildman–Crippen LogP) is 1.49. The number of nitrogens with one attached hydrogen (secondary N) is 1. The number of carbonyl (C=O) groups excluding carboxylic acids is 2. The van der Waals surface area contributed by atoms with E-state index in [1.54, 1.807) is 0 Å². The molecule has 4 nitrogen and oxygen atoms in total. The fraction of sp³-hybridized carbons (Fsp3) is 0.833.